The number of likely N-dealkylation sites (tertiary alicyclic amines) is 1. The normalized spacial score (nSPS) is 25.8. The lowest BCUT2D eigenvalue weighted by Gasteiger charge is -2.28. The molecule has 3 aliphatic heterocycles. The first-order chi connectivity index (χ1) is 13.2. The van der Waals surface area contributed by atoms with Gasteiger partial charge >= 0.3 is 0 Å². The number of aryl methyl sites for hydroxylation is 1. The molecule has 5 nitrogen and oxygen atoms in total. The van der Waals surface area contributed by atoms with Crippen molar-refractivity contribution in [3.8, 4) is 5.75 Å². The third-order valence-electron chi connectivity index (χ3n) is 6.37. The van der Waals surface area contributed by atoms with Crippen molar-refractivity contribution in [2.75, 3.05) is 31.6 Å². The molecule has 3 heterocycles. The van der Waals surface area contributed by atoms with Gasteiger partial charge in [0.2, 0.25) is 5.91 Å². The minimum Gasteiger partial charge on any atom is -0.492 e. The van der Waals surface area contributed by atoms with Crippen LogP contribution in [-0.4, -0.2) is 49.1 Å². The van der Waals surface area contributed by atoms with E-state index in [9.17, 15) is 4.79 Å². The number of rotatable bonds is 7. The third-order valence-corrected chi connectivity index (χ3v) is 6.37. The molecule has 29 heavy (non-hydrogen) atoms. The zero-order valence-electron chi connectivity index (χ0n) is 17.3. The molecule has 0 saturated carbocycles. The number of amides is 1. The zero-order valence-corrected chi connectivity index (χ0v) is 19.0. The Morgan fingerprint density at radius 2 is 1.86 bits per heavy atom. The average molecular weight is 444 g/mol. The predicted molar refractivity (Wildman–Crippen MR) is 123 cm³/mol. The molecule has 164 valence electrons. The lowest BCUT2D eigenvalue weighted by Crippen LogP contribution is -2.39. The summed E-state index contributed by atoms with van der Waals surface area (Å²) in [5.41, 5.74) is 1.95. The number of carbonyl (C=O) groups is 1. The van der Waals surface area contributed by atoms with E-state index in [0.29, 0.717) is 24.4 Å². The smallest absolute Gasteiger partial charge is 0.224 e. The number of nitrogens with one attached hydrogen (secondary N) is 2. The molecule has 2 bridgehead atoms. The molecule has 2 atom stereocenters. The van der Waals surface area contributed by atoms with E-state index in [-0.39, 0.29) is 30.7 Å². The quantitative estimate of drug-likeness (QED) is 0.663. The number of halogens is 2. The second-order valence-electron chi connectivity index (χ2n) is 8.61. The molecule has 3 fully saturated rings. The van der Waals surface area contributed by atoms with Crippen LogP contribution < -0.4 is 15.4 Å². The Labute approximate surface area is 187 Å². The van der Waals surface area contributed by atoms with E-state index >= 15 is 0 Å². The van der Waals surface area contributed by atoms with E-state index in [0.717, 1.165) is 43.0 Å². The highest BCUT2D eigenvalue weighted by Gasteiger charge is 2.34. The van der Waals surface area contributed by atoms with E-state index in [1.54, 1.807) is 0 Å². The molecule has 3 aliphatic rings. The summed E-state index contributed by atoms with van der Waals surface area (Å²) in [5, 5.41) is 6.73. The van der Waals surface area contributed by atoms with Gasteiger partial charge in [0.1, 0.15) is 12.4 Å². The number of nitrogens with zero attached hydrogens (tertiary/aromatic N) is 1. The summed E-state index contributed by atoms with van der Waals surface area (Å²) in [6.45, 7) is 6.17. The lowest BCUT2D eigenvalue weighted by atomic mass is 9.89. The fraction of sp³-hybridized carbons (Fsp3) is 0.682. The van der Waals surface area contributed by atoms with Gasteiger partial charge < -0.3 is 15.4 Å². The van der Waals surface area contributed by atoms with E-state index in [4.69, 9.17) is 4.74 Å². The van der Waals surface area contributed by atoms with E-state index in [1.807, 2.05) is 25.1 Å². The summed E-state index contributed by atoms with van der Waals surface area (Å²) in [6, 6.07) is 7.25. The van der Waals surface area contributed by atoms with Gasteiger partial charge in [-0.1, -0.05) is 0 Å². The molecule has 0 aliphatic carbocycles. The van der Waals surface area contributed by atoms with Crippen molar-refractivity contribution in [2.24, 2.45) is 5.92 Å². The number of ether oxygens (including phenoxy) is 1. The molecular weight excluding hydrogens is 409 g/mol. The topological polar surface area (TPSA) is 53.6 Å². The van der Waals surface area contributed by atoms with Crippen LogP contribution in [-0.2, 0) is 4.79 Å². The first-order valence-electron chi connectivity index (χ1n) is 10.7. The molecule has 1 aromatic carbocycles. The van der Waals surface area contributed by atoms with Crippen molar-refractivity contribution >= 4 is 36.4 Å². The summed E-state index contributed by atoms with van der Waals surface area (Å²) in [6.07, 6.45) is 8.11. The van der Waals surface area contributed by atoms with Gasteiger partial charge in [0.25, 0.3) is 0 Å². The summed E-state index contributed by atoms with van der Waals surface area (Å²) >= 11 is 0. The van der Waals surface area contributed by atoms with Crippen LogP contribution in [0.3, 0.4) is 0 Å². The number of anilines is 1. The van der Waals surface area contributed by atoms with Crippen molar-refractivity contribution < 1.29 is 9.53 Å². The van der Waals surface area contributed by atoms with Crippen molar-refractivity contribution in [1.29, 1.82) is 0 Å². The van der Waals surface area contributed by atoms with Crippen molar-refractivity contribution in [3.63, 3.8) is 0 Å². The molecule has 4 rings (SSSR count). The maximum absolute atomic E-state index is 12.5. The molecular formula is C22H35Cl2N3O2. The molecule has 1 amide bonds. The number of hydrogen-bond donors (Lipinski definition) is 2. The van der Waals surface area contributed by atoms with Crippen molar-refractivity contribution in [2.45, 2.75) is 64.0 Å². The fourth-order valence-electron chi connectivity index (χ4n) is 5.00. The van der Waals surface area contributed by atoms with Crippen LogP contribution in [0.4, 0.5) is 5.69 Å². The minimum absolute atomic E-state index is 0. The summed E-state index contributed by atoms with van der Waals surface area (Å²) < 4.78 is 5.95. The monoisotopic (exact) mass is 443 g/mol. The Morgan fingerprint density at radius 1 is 1.17 bits per heavy atom. The van der Waals surface area contributed by atoms with Crippen LogP contribution in [0.15, 0.2) is 18.2 Å². The van der Waals surface area contributed by atoms with Crippen molar-refractivity contribution in [1.82, 2.24) is 10.2 Å². The summed E-state index contributed by atoms with van der Waals surface area (Å²) in [7, 11) is 0. The van der Waals surface area contributed by atoms with Crippen LogP contribution in [0.5, 0.6) is 5.75 Å². The number of hydrogen-bond acceptors (Lipinski definition) is 4. The number of carbonyl (C=O) groups excluding carboxylic acids is 1. The third kappa shape index (κ3) is 6.74. The Hall–Kier alpha value is -1.01. The maximum atomic E-state index is 12.5. The van der Waals surface area contributed by atoms with Crippen LogP contribution in [0.25, 0.3) is 0 Å². The van der Waals surface area contributed by atoms with Gasteiger partial charge in [-0.2, -0.15) is 0 Å². The second kappa shape index (κ2) is 11.4. The second-order valence-corrected chi connectivity index (χ2v) is 8.61. The highest BCUT2D eigenvalue weighted by atomic mass is 35.5. The number of benzene rings is 1. The van der Waals surface area contributed by atoms with Gasteiger partial charge in [0.05, 0.1) is 0 Å². The van der Waals surface area contributed by atoms with Crippen LogP contribution in [0, 0.1) is 12.8 Å². The highest BCUT2D eigenvalue weighted by molar-refractivity contribution is 5.91. The molecule has 2 N–H and O–H groups in total. The Balaban J connectivity index is 0.00000150. The molecule has 0 spiro atoms. The lowest BCUT2D eigenvalue weighted by molar-refractivity contribution is -0.117. The fourth-order valence-corrected chi connectivity index (χ4v) is 5.00. The Bertz CT molecular complexity index is 655. The molecule has 0 radical (unpaired) electrons. The number of piperidine rings is 1. The average Bonchev–Trinajstić information content (AvgIpc) is 3.26. The molecule has 2 unspecified atom stereocenters. The van der Waals surface area contributed by atoms with E-state index < -0.39 is 0 Å². The molecule has 3 saturated heterocycles. The zero-order chi connectivity index (χ0) is 18.6. The van der Waals surface area contributed by atoms with Crippen molar-refractivity contribution in [3.05, 3.63) is 23.8 Å². The Kier molecular flexibility index (Phi) is 9.54. The van der Waals surface area contributed by atoms with E-state index in [1.165, 1.54) is 38.8 Å². The predicted octanol–water partition coefficient (Wildman–Crippen LogP) is 4.17. The van der Waals surface area contributed by atoms with Gasteiger partial charge in [-0.05, 0) is 88.2 Å². The van der Waals surface area contributed by atoms with E-state index in [2.05, 4.69) is 15.5 Å². The van der Waals surface area contributed by atoms with Crippen LogP contribution >= 0.6 is 24.8 Å². The minimum atomic E-state index is 0. The maximum Gasteiger partial charge on any atom is 0.224 e. The molecule has 1 aromatic rings. The van der Waals surface area contributed by atoms with Gasteiger partial charge in [-0.25, -0.2) is 0 Å². The molecule has 0 aromatic heterocycles. The largest absolute Gasteiger partial charge is 0.492 e. The van der Waals surface area contributed by atoms with Gasteiger partial charge in [-0.15, -0.1) is 24.8 Å². The first kappa shape index (κ1) is 24.3. The standard InChI is InChI=1S/C22H33N3O2.2ClH/c1-16-12-18(6-7-21(16)27-11-10-25-8-2-3-9-25)24-22(26)15-17-13-19-4-5-20(14-17)23-19;;/h6-7,12,17,19-20,23H,2-5,8-11,13-15H2,1H3,(H,24,26);2*1H. The van der Waals surface area contributed by atoms with Crippen LogP contribution in [0.1, 0.15) is 50.5 Å². The molecule has 7 heteroatoms. The number of fused-ring (bicyclic) bond motifs is 2. The SMILES string of the molecule is Cc1cc(NC(=O)CC2CC3CCC(C2)N3)ccc1OCCN1CCCC1.Cl.Cl. The Morgan fingerprint density at radius 3 is 2.52 bits per heavy atom. The first-order valence-corrected chi connectivity index (χ1v) is 10.7. The highest BCUT2D eigenvalue weighted by Crippen LogP contribution is 2.33. The van der Waals surface area contributed by atoms with Gasteiger partial charge in [0.15, 0.2) is 0 Å². The van der Waals surface area contributed by atoms with Gasteiger partial charge in [0, 0.05) is 30.7 Å². The van der Waals surface area contributed by atoms with Crippen LogP contribution in [0.2, 0.25) is 0 Å². The summed E-state index contributed by atoms with van der Waals surface area (Å²) in [5.74, 6) is 1.59. The van der Waals surface area contributed by atoms with Gasteiger partial charge in [-0.3, -0.25) is 9.69 Å². The summed E-state index contributed by atoms with van der Waals surface area (Å²) in [4.78, 5) is 14.9.